The van der Waals surface area contributed by atoms with E-state index in [1.165, 1.54) is 45.2 Å². The Morgan fingerprint density at radius 2 is 1.85 bits per heavy atom. The molecule has 0 spiro atoms. The molecule has 108 valence electrons. The number of nitrogens with one attached hydrogen (secondary N) is 1. The fraction of sp³-hybridized carbons (Fsp3) is 0.533. The summed E-state index contributed by atoms with van der Waals surface area (Å²) in [5, 5.41) is 0.727. The smallest absolute Gasteiger partial charge is 0.274 e. The molecule has 3 rings (SSSR count). The lowest BCUT2D eigenvalue weighted by molar-refractivity contribution is -0.923. The van der Waals surface area contributed by atoms with Crippen molar-refractivity contribution in [3.63, 3.8) is 0 Å². The van der Waals surface area contributed by atoms with Gasteiger partial charge in [-0.15, -0.1) is 0 Å². The van der Waals surface area contributed by atoms with Crippen LogP contribution in [0.25, 0.3) is 11.1 Å². The van der Waals surface area contributed by atoms with Crippen molar-refractivity contribution in [2.24, 2.45) is 0 Å². The van der Waals surface area contributed by atoms with Crippen molar-refractivity contribution in [2.45, 2.75) is 38.8 Å². The SMILES string of the molecule is S=c1oc2ccc(Cl)cc2n1C[NH+]1CCCCCCC1. The van der Waals surface area contributed by atoms with E-state index in [9.17, 15) is 0 Å². The predicted octanol–water partition coefficient (Wildman–Crippen LogP) is 3.42. The molecule has 1 saturated heterocycles. The minimum atomic E-state index is 0.553. The first-order valence-electron chi connectivity index (χ1n) is 7.36. The fourth-order valence-corrected chi connectivity index (χ4v) is 3.39. The quantitative estimate of drug-likeness (QED) is 0.859. The number of nitrogens with zero attached hydrogens (tertiary/aromatic N) is 1. The normalized spacial score (nSPS) is 18.1. The first kappa shape index (κ1) is 14.1. The Labute approximate surface area is 129 Å². The highest BCUT2D eigenvalue weighted by molar-refractivity contribution is 7.71. The maximum Gasteiger partial charge on any atom is 0.274 e. The lowest BCUT2D eigenvalue weighted by atomic mass is 10.1. The van der Waals surface area contributed by atoms with Crippen molar-refractivity contribution in [3.05, 3.63) is 28.1 Å². The second kappa shape index (κ2) is 6.29. The number of halogens is 1. The number of benzene rings is 1. The van der Waals surface area contributed by atoms with Crippen LogP contribution in [-0.4, -0.2) is 17.7 Å². The van der Waals surface area contributed by atoms with Crippen LogP contribution in [0.2, 0.25) is 5.02 Å². The van der Waals surface area contributed by atoms with Crippen molar-refractivity contribution in [2.75, 3.05) is 13.1 Å². The van der Waals surface area contributed by atoms with Gasteiger partial charge < -0.3 is 9.32 Å². The first-order valence-corrected chi connectivity index (χ1v) is 8.15. The van der Waals surface area contributed by atoms with Gasteiger partial charge in [0.25, 0.3) is 4.84 Å². The molecule has 1 fully saturated rings. The number of hydrogen-bond acceptors (Lipinski definition) is 2. The number of aromatic nitrogens is 1. The number of quaternary nitrogens is 1. The van der Waals surface area contributed by atoms with Crippen molar-refractivity contribution >= 4 is 34.9 Å². The van der Waals surface area contributed by atoms with E-state index in [1.54, 1.807) is 4.90 Å². The number of likely N-dealkylation sites (tertiary alicyclic amines) is 1. The highest BCUT2D eigenvalue weighted by atomic mass is 35.5. The van der Waals surface area contributed by atoms with E-state index in [1.807, 2.05) is 18.2 Å². The summed E-state index contributed by atoms with van der Waals surface area (Å²) in [5.74, 6) is 0. The number of rotatable bonds is 2. The van der Waals surface area contributed by atoms with Gasteiger partial charge in [-0.2, -0.15) is 0 Å². The molecule has 1 aromatic carbocycles. The average molecular weight is 312 g/mol. The lowest BCUT2D eigenvalue weighted by Crippen LogP contribution is -3.11. The monoisotopic (exact) mass is 311 g/mol. The third kappa shape index (κ3) is 3.08. The van der Waals surface area contributed by atoms with Crippen molar-refractivity contribution in [3.8, 4) is 0 Å². The van der Waals surface area contributed by atoms with Crippen LogP contribution in [0.1, 0.15) is 32.1 Å². The zero-order valence-corrected chi connectivity index (χ0v) is 13.1. The molecule has 2 aromatic rings. The average Bonchev–Trinajstić information content (AvgIpc) is 2.68. The van der Waals surface area contributed by atoms with Crippen LogP contribution >= 0.6 is 23.8 Å². The van der Waals surface area contributed by atoms with Crippen LogP contribution < -0.4 is 4.90 Å². The minimum Gasteiger partial charge on any atom is -0.429 e. The van der Waals surface area contributed by atoms with Gasteiger partial charge in [0.05, 0.1) is 18.6 Å². The van der Waals surface area contributed by atoms with E-state index in [-0.39, 0.29) is 0 Å². The lowest BCUT2D eigenvalue weighted by Gasteiger charge is -2.22. The number of hydrogen-bond donors (Lipinski definition) is 1. The summed E-state index contributed by atoms with van der Waals surface area (Å²) >= 11 is 11.5. The van der Waals surface area contributed by atoms with Crippen LogP contribution in [0.5, 0.6) is 0 Å². The van der Waals surface area contributed by atoms with E-state index in [0.717, 1.165) is 22.8 Å². The van der Waals surface area contributed by atoms with Gasteiger partial charge in [0.15, 0.2) is 12.3 Å². The van der Waals surface area contributed by atoms with E-state index in [2.05, 4.69) is 4.57 Å². The summed E-state index contributed by atoms with van der Waals surface area (Å²) < 4.78 is 7.75. The highest BCUT2D eigenvalue weighted by Crippen LogP contribution is 2.21. The van der Waals surface area contributed by atoms with Crippen LogP contribution in [0.3, 0.4) is 0 Å². The summed E-state index contributed by atoms with van der Waals surface area (Å²) in [4.78, 5) is 2.14. The van der Waals surface area contributed by atoms with Gasteiger partial charge in [0.2, 0.25) is 0 Å². The van der Waals surface area contributed by atoms with Gasteiger partial charge in [-0.05, 0) is 56.1 Å². The zero-order chi connectivity index (χ0) is 13.9. The molecule has 5 heteroatoms. The molecule has 3 nitrogen and oxygen atoms in total. The third-order valence-corrected chi connectivity index (χ3v) is 4.61. The van der Waals surface area contributed by atoms with Crippen molar-refractivity contribution < 1.29 is 9.32 Å². The Bertz CT molecular complexity index is 641. The standard InChI is InChI=1S/C15H19ClN2OS/c16-12-6-7-14-13(10-12)18(15(20)19-14)11-17-8-4-2-1-3-5-9-17/h6-7,10H,1-5,8-9,11H2/p+1. The molecule has 0 unspecified atom stereocenters. The van der Waals surface area contributed by atoms with E-state index in [0.29, 0.717) is 4.84 Å². The van der Waals surface area contributed by atoms with Crippen molar-refractivity contribution in [1.82, 2.24) is 4.57 Å². The molecule has 1 aliphatic rings. The van der Waals surface area contributed by atoms with Crippen LogP contribution in [0, 0.1) is 4.84 Å². The number of oxazole rings is 1. The molecular weight excluding hydrogens is 292 g/mol. The van der Waals surface area contributed by atoms with Crippen LogP contribution in [0.15, 0.2) is 22.6 Å². The molecule has 1 aliphatic heterocycles. The molecule has 0 bridgehead atoms. The van der Waals surface area contributed by atoms with Gasteiger partial charge in [0.1, 0.15) is 0 Å². The molecule has 1 N–H and O–H groups in total. The predicted molar refractivity (Wildman–Crippen MR) is 83.8 cm³/mol. The summed E-state index contributed by atoms with van der Waals surface area (Å²) in [6.07, 6.45) is 6.70. The first-order chi connectivity index (χ1) is 9.74. The maximum absolute atomic E-state index is 6.09. The Morgan fingerprint density at radius 3 is 2.60 bits per heavy atom. The van der Waals surface area contributed by atoms with Gasteiger partial charge in [-0.3, -0.25) is 4.57 Å². The molecule has 20 heavy (non-hydrogen) atoms. The van der Waals surface area contributed by atoms with Crippen molar-refractivity contribution in [1.29, 1.82) is 0 Å². The topological polar surface area (TPSA) is 22.5 Å². The molecule has 0 amide bonds. The van der Waals surface area contributed by atoms with Gasteiger partial charge in [0, 0.05) is 5.02 Å². The largest absolute Gasteiger partial charge is 0.429 e. The molecule has 0 aliphatic carbocycles. The number of fused-ring (bicyclic) bond motifs is 1. The Hall–Kier alpha value is -0.840. The fourth-order valence-electron chi connectivity index (χ4n) is 2.97. The molecule has 0 radical (unpaired) electrons. The molecule has 1 aromatic heterocycles. The van der Waals surface area contributed by atoms with Crippen LogP contribution in [-0.2, 0) is 6.67 Å². The van der Waals surface area contributed by atoms with Gasteiger partial charge >= 0.3 is 0 Å². The van der Waals surface area contributed by atoms with Gasteiger partial charge in [-0.25, -0.2) is 0 Å². The Kier molecular flexibility index (Phi) is 4.44. The minimum absolute atomic E-state index is 0.553. The highest BCUT2D eigenvalue weighted by Gasteiger charge is 2.15. The molecule has 2 heterocycles. The second-order valence-corrected chi connectivity index (χ2v) is 6.37. The zero-order valence-electron chi connectivity index (χ0n) is 11.5. The van der Waals surface area contributed by atoms with E-state index < -0.39 is 0 Å². The summed E-state index contributed by atoms with van der Waals surface area (Å²) in [6.45, 7) is 3.32. The Morgan fingerprint density at radius 1 is 1.15 bits per heavy atom. The van der Waals surface area contributed by atoms with E-state index in [4.69, 9.17) is 28.2 Å². The molecular formula is C15H20ClN2OS+. The summed E-state index contributed by atoms with van der Waals surface area (Å²) in [5.41, 5.74) is 1.84. The second-order valence-electron chi connectivity index (χ2n) is 5.58. The summed E-state index contributed by atoms with van der Waals surface area (Å²) in [7, 11) is 0. The van der Waals surface area contributed by atoms with Crippen LogP contribution in [0.4, 0.5) is 0 Å². The molecule has 0 saturated carbocycles. The molecule has 0 atom stereocenters. The van der Waals surface area contributed by atoms with Gasteiger partial charge in [-0.1, -0.05) is 18.0 Å². The van der Waals surface area contributed by atoms with E-state index >= 15 is 0 Å². The Balaban J connectivity index is 1.87. The third-order valence-electron chi connectivity index (χ3n) is 4.07. The summed E-state index contributed by atoms with van der Waals surface area (Å²) in [6, 6.07) is 5.68. The maximum atomic E-state index is 6.09.